The van der Waals surface area contributed by atoms with Gasteiger partial charge >= 0.3 is 0 Å². The van der Waals surface area contributed by atoms with E-state index in [0.717, 1.165) is 5.69 Å². The number of carbonyl (C=O) groups is 1. The van der Waals surface area contributed by atoms with Crippen molar-refractivity contribution in [1.82, 2.24) is 0 Å². The molecule has 0 heterocycles. The molecule has 0 saturated carbocycles. The van der Waals surface area contributed by atoms with Crippen molar-refractivity contribution < 1.29 is 4.79 Å². The predicted octanol–water partition coefficient (Wildman–Crippen LogP) is 2.65. The van der Waals surface area contributed by atoms with Gasteiger partial charge in [0.15, 0.2) is 11.6 Å². The number of benzene rings is 1. The summed E-state index contributed by atoms with van der Waals surface area (Å²) in [5.41, 5.74) is 0.899. The average Bonchev–Trinajstić information content (AvgIpc) is 2.35. The summed E-state index contributed by atoms with van der Waals surface area (Å²) in [7, 11) is 0. The van der Waals surface area contributed by atoms with Crippen LogP contribution < -0.4 is 5.32 Å². The maximum absolute atomic E-state index is 11.2. The molecular weight excluding hydrogens is 214 g/mol. The van der Waals surface area contributed by atoms with Gasteiger partial charge in [-0.2, -0.15) is 0 Å². The summed E-state index contributed by atoms with van der Waals surface area (Å²) in [4.78, 5) is 18.8. The zero-order valence-corrected chi connectivity index (χ0v) is 9.97. The summed E-state index contributed by atoms with van der Waals surface area (Å²) in [5.74, 6) is 0.449. The van der Waals surface area contributed by atoms with E-state index in [4.69, 9.17) is 0 Å². The van der Waals surface area contributed by atoms with E-state index in [1.165, 1.54) is 6.92 Å². The Morgan fingerprint density at radius 1 is 1.35 bits per heavy atom. The molecule has 0 aliphatic rings. The van der Waals surface area contributed by atoms with Crippen LogP contribution in [-0.4, -0.2) is 18.3 Å². The number of ketones is 1. The lowest BCUT2D eigenvalue weighted by molar-refractivity contribution is -0.111. The minimum absolute atomic E-state index is 0.0986. The third-order valence-electron chi connectivity index (χ3n) is 2.01. The molecule has 0 atom stereocenters. The fraction of sp³-hybridized carbons (Fsp3) is 0.154. The van der Waals surface area contributed by atoms with Gasteiger partial charge in [-0.15, -0.1) is 0 Å². The third-order valence-corrected chi connectivity index (χ3v) is 2.01. The Hall–Kier alpha value is -2.23. The number of hydrogen-bond acceptors (Lipinski definition) is 3. The van der Waals surface area contributed by atoms with Gasteiger partial charge in [-0.25, -0.2) is 9.98 Å². The third kappa shape index (κ3) is 4.03. The summed E-state index contributed by atoms with van der Waals surface area (Å²) >= 11 is 0. The zero-order chi connectivity index (χ0) is 12.7. The Bertz CT molecular complexity index is 461. The summed E-state index contributed by atoms with van der Waals surface area (Å²) < 4.78 is 0. The molecule has 17 heavy (non-hydrogen) atoms. The lowest BCUT2D eigenvalue weighted by atomic mass is 10.3. The Balaban J connectivity index is 2.88. The zero-order valence-electron chi connectivity index (χ0n) is 9.97. The van der Waals surface area contributed by atoms with Gasteiger partial charge in [-0.05, 0) is 31.9 Å². The molecule has 0 unspecified atom stereocenters. The lowest BCUT2D eigenvalue weighted by Crippen LogP contribution is -2.09. The van der Waals surface area contributed by atoms with E-state index >= 15 is 0 Å². The maximum Gasteiger partial charge on any atom is 0.197 e. The molecule has 4 nitrogen and oxygen atoms in total. The van der Waals surface area contributed by atoms with Crippen LogP contribution in [0.4, 0.5) is 5.69 Å². The van der Waals surface area contributed by atoms with E-state index in [9.17, 15) is 4.79 Å². The van der Waals surface area contributed by atoms with E-state index in [1.807, 2.05) is 37.3 Å². The van der Waals surface area contributed by atoms with Crippen LogP contribution in [0.5, 0.6) is 0 Å². The molecule has 88 valence electrons. The van der Waals surface area contributed by atoms with Crippen LogP contribution in [0.1, 0.15) is 13.8 Å². The van der Waals surface area contributed by atoms with Gasteiger partial charge in [-0.1, -0.05) is 18.2 Å². The summed E-state index contributed by atoms with van der Waals surface area (Å²) in [6.45, 7) is 6.56. The van der Waals surface area contributed by atoms with E-state index in [2.05, 4.69) is 22.0 Å². The van der Waals surface area contributed by atoms with Crippen LogP contribution in [0.15, 0.2) is 52.2 Å². The normalized spacial score (nSPS) is 12.1. The van der Waals surface area contributed by atoms with Crippen molar-refractivity contribution in [3.63, 3.8) is 0 Å². The molecule has 0 amide bonds. The number of aliphatic imine (C=N–C) groups is 2. The second-order valence-corrected chi connectivity index (χ2v) is 3.31. The highest BCUT2D eigenvalue weighted by Crippen LogP contribution is 2.10. The molecule has 0 aliphatic heterocycles. The molecule has 1 N–H and O–H groups in total. The molecule has 0 fully saturated rings. The van der Waals surface area contributed by atoms with Crippen molar-refractivity contribution in [1.29, 1.82) is 0 Å². The van der Waals surface area contributed by atoms with Crippen molar-refractivity contribution in [3.8, 4) is 0 Å². The number of allylic oxidation sites excluding steroid dienone is 1. The van der Waals surface area contributed by atoms with E-state index in [0.29, 0.717) is 5.82 Å². The molecule has 0 aromatic heterocycles. The first-order chi connectivity index (χ1) is 8.17. The number of amidine groups is 1. The first-order valence-corrected chi connectivity index (χ1v) is 5.22. The molecule has 0 spiro atoms. The van der Waals surface area contributed by atoms with Crippen LogP contribution in [-0.2, 0) is 4.79 Å². The number of anilines is 1. The molecule has 0 bridgehead atoms. The van der Waals surface area contributed by atoms with Crippen molar-refractivity contribution >= 4 is 24.0 Å². The van der Waals surface area contributed by atoms with Gasteiger partial charge in [0.05, 0.1) is 0 Å². The van der Waals surface area contributed by atoms with Gasteiger partial charge in [0, 0.05) is 12.6 Å². The van der Waals surface area contributed by atoms with Crippen molar-refractivity contribution in [2.24, 2.45) is 9.98 Å². The smallest absolute Gasteiger partial charge is 0.197 e. The first-order valence-electron chi connectivity index (χ1n) is 5.22. The lowest BCUT2D eigenvalue weighted by Gasteiger charge is -2.06. The molecule has 0 saturated heterocycles. The molecule has 4 heteroatoms. The van der Waals surface area contributed by atoms with Crippen LogP contribution in [0.3, 0.4) is 0 Å². The molecule has 1 aromatic carbocycles. The van der Waals surface area contributed by atoms with Gasteiger partial charge in [0.2, 0.25) is 0 Å². The molecule has 0 radical (unpaired) electrons. The second kappa shape index (κ2) is 6.37. The summed E-state index contributed by atoms with van der Waals surface area (Å²) in [5, 5.41) is 3.08. The first kappa shape index (κ1) is 12.8. The SMILES string of the molecule is C=N/C(=N\C(=C/C)Nc1ccccc1)C(C)=O. The van der Waals surface area contributed by atoms with Crippen molar-refractivity contribution in [2.75, 3.05) is 5.32 Å². The Morgan fingerprint density at radius 3 is 2.47 bits per heavy atom. The second-order valence-electron chi connectivity index (χ2n) is 3.31. The van der Waals surface area contributed by atoms with Gasteiger partial charge in [-0.3, -0.25) is 4.79 Å². The average molecular weight is 229 g/mol. The number of hydrogen-bond donors (Lipinski definition) is 1. The standard InChI is InChI=1S/C13H15N3O/c1-4-12(16-13(14-3)10(2)17)15-11-8-6-5-7-9-11/h4-9,15H,3H2,1-2H3/b12-4-,16-13-. The Labute approximate surface area is 101 Å². The van der Waals surface area contributed by atoms with E-state index in [1.54, 1.807) is 6.08 Å². The number of carbonyl (C=O) groups excluding carboxylic acids is 1. The predicted molar refractivity (Wildman–Crippen MR) is 71.5 cm³/mol. The largest absolute Gasteiger partial charge is 0.340 e. The van der Waals surface area contributed by atoms with Crippen molar-refractivity contribution in [3.05, 3.63) is 42.2 Å². The quantitative estimate of drug-likeness (QED) is 0.637. The fourth-order valence-corrected chi connectivity index (χ4v) is 1.17. The minimum atomic E-state index is -0.214. The number of Topliss-reactive ketones (excluding diaryl/α,β-unsaturated/α-hetero) is 1. The van der Waals surface area contributed by atoms with Crippen LogP contribution in [0.2, 0.25) is 0 Å². The number of rotatable bonds is 4. The summed E-state index contributed by atoms with van der Waals surface area (Å²) in [6.07, 6.45) is 1.76. The van der Waals surface area contributed by atoms with Gasteiger partial charge < -0.3 is 5.32 Å². The number of para-hydroxylation sites is 1. The fourth-order valence-electron chi connectivity index (χ4n) is 1.17. The Morgan fingerprint density at radius 2 is 2.00 bits per heavy atom. The topological polar surface area (TPSA) is 53.8 Å². The van der Waals surface area contributed by atoms with Gasteiger partial charge in [0.1, 0.15) is 5.82 Å². The molecule has 1 aromatic rings. The van der Waals surface area contributed by atoms with Crippen LogP contribution in [0.25, 0.3) is 0 Å². The Kier molecular flexibility index (Phi) is 4.81. The number of nitrogens with zero attached hydrogens (tertiary/aromatic N) is 2. The monoisotopic (exact) mass is 229 g/mol. The highest BCUT2D eigenvalue weighted by Gasteiger charge is 2.03. The number of nitrogens with one attached hydrogen (secondary N) is 1. The van der Waals surface area contributed by atoms with Gasteiger partial charge in [0.25, 0.3) is 0 Å². The molecular formula is C13H15N3O. The maximum atomic E-state index is 11.2. The molecule has 0 aliphatic carbocycles. The minimum Gasteiger partial charge on any atom is -0.340 e. The highest BCUT2D eigenvalue weighted by molar-refractivity contribution is 6.39. The summed E-state index contributed by atoms with van der Waals surface area (Å²) in [6, 6.07) is 9.58. The van der Waals surface area contributed by atoms with E-state index in [-0.39, 0.29) is 11.6 Å². The highest BCUT2D eigenvalue weighted by atomic mass is 16.1. The van der Waals surface area contributed by atoms with Crippen molar-refractivity contribution in [2.45, 2.75) is 13.8 Å². The van der Waals surface area contributed by atoms with E-state index < -0.39 is 0 Å². The molecule has 1 rings (SSSR count). The van der Waals surface area contributed by atoms with Crippen LogP contribution >= 0.6 is 0 Å². The van der Waals surface area contributed by atoms with Crippen LogP contribution in [0, 0.1) is 0 Å².